The molecule has 0 bridgehead atoms. The maximum Gasteiger partial charge on any atom is 0.330 e. The predicted molar refractivity (Wildman–Crippen MR) is 101 cm³/mol. The molecule has 0 fully saturated rings. The van der Waals surface area contributed by atoms with Crippen molar-refractivity contribution >= 4 is 7.60 Å². The lowest BCUT2D eigenvalue weighted by Gasteiger charge is -2.19. The summed E-state index contributed by atoms with van der Waals surface area (Å²) in [5, 5.41) is 0. The average molecular weight is 349 g/mol. The fraction of sp³-hybridized carbons (Fsp3) is 1.00. The lowest BCUT2D eigenvalue weighted by Crippen LogP contribution is -2.04. The van der Waals surface area contributed by atoms with Gasteiger partial charge in [0.05, 0.1) is 19.4 Å². The summed E-state index contributed by atoms with van der Waals surface area (Å²) >= 11 is 0. The van der Waals surface area contributed by atoms with Gasteiger partial charge >= 0.3 is 7.60 Å². The van der Waals surface area contributed by atoms with Crippen LogP contribution in [0.3, 0.4) is 0 Å². The molecule has 0 saturated heterocycles. The first-order valence-corrected chi connectivity index (χ1v) is 11.6. The van der Waals surface area contributed by atoms with E-state index in [1.807, 2.05) is 0 Å². The highest BCUT2D eigenvalue weighted by Gasteiger charge is 2.23. The second kappa shape index (κ2) is 15.7. The molecule has 0 amide bonds. The first-order chi connectivity index (χ1) is 11.0. The Kier molecular flexibility index (Phi) is 15.8. The Hall–Kier alpha value is 0.150. The summed E-state index contributed by atoms with van der Waals surface area (Å²) in [6, 6.07) is 0. The van der Waals surface area contributed by atoms with Crippen LogP contribution < -0.4 is 0 Å². The number of hydrogen-bond donors (Lipinski definition) is 0. The molecule has 23 heavy (non-hydrogen) atoms. The van der Waals surface area contributed by atoms with Gasteiger partial charge in [0, 0.05) is 0 Å². The van der Waals surface area contributed by atoms with E-state index >= 15 is 0 Å². The molecule has 4 heteroatoms. The normalized spacial score (nSPS) is 14.3. The van der Waals surface area contributed by atoms with Crippen LogP contribution in [0.1, 0.15) is 98.3 Å². The maximum absolute atomic E-state index is 12.7. The molecule has 0 aliphatic carbocycles. The maximum atomic E-state index is 12.7. The highest BCUT2D eigenvalue weighted by atomic mass is 31.2. The predicted octanol–water partition coefficient (Wildman–Crippen LogP) is 7.20. The second-order valence-corrected chi connectivity index (χ2v) is 9.20. The first kappa shape index (κ1) is 23.1. The zero-order chi connectivity index (χ0) is 17.4. The third-order valence-corrected chi connectivity index (χ3v) is 6.05. The van der Waals surface area contributed by atoms with Crippen molar-refractivity contribution in [2.45, 2.75) is 98.3 Å². The van der Waals surface area contributed by atoms with E-state index < -0.39 is 7.60 Å². The molecule has 140 valence electrons. The van der Waals surface area contributed by atoms with Gasteiger partial charge in [-0.05, 0) is 31.6 Å². The Morgan fingerprint density at radius 3 is 1.83 bits per heavy atom. The largest absolute Gasteiger partial charge is 0.330 e. The van der Waals surface area contributed by atoms with Gasteiger partial charge in [0.2, 0.25) is 0 Å². The Morgan fingerprint density at radius 1 is 0.739 bits per heavy atom. The third kappa shape index (κ3) is 15.4. The van der Waals surface area contributed by atoms with Gasteiger partial charge in [-0.3, -0.25) is 4.57 Å². The summed E-state index contributed by atoms with van der Waals surface area (Å²) in [4.78, 5) is 0. The van der Waals surface area contributed by atoms with Crippen molar-refractivity contribution in [3.05, 3.63) is 0 Å². The van der Waals surface area contributed by atoms with Crippen molar-refractivity contribution in [3.8, 4) is 0 Å². The van der Waals surface area contributed by atoms with E-state index in [1.165, 1.54) is 38.5 Å². The van der Waals surface area contributed by atoms with Crippen molar-refractivity contribution in [1.29, 1.82) is 0 Å². The summed E-state index contributed by atoms with van der Waals surface area (Å²) in [5.41, 5.74) is 0. The molecule has 3 nitrogen and oxygen atoms in total. The zero-order valence-electron chi connectivity index (χ0n) is 16.1. The smallest absolute Gasteiger partial charge is 0.309 e. The fourth-order valence-electron chi connectivity index (χ4n) is 2.48. The van der Waals surface area contributed by atoms with E-state index in [4.69, 9.17) is 9.05 Å². The molecule has 0 radical (unpaired) electrons. The molecule has 0 aromatic heterocycles. The van der Waals surface area contributed by atoms with Crippen molar-refractivity contribution in [2.24, 2.45) is 5.92 Å². The minimum atomic E-state index is -2.86. The molecule has 0 saturated carbocycles. The topological polar surface area (TPSA) is 35.5 Å². The van der Waals surface area contributed by atoms with Crippen molar-refractivity contribution in [2.75, 3.05) is 19.4 Å². The zero-order valence-corrected chi connectivity index (χ0v) is 17.0. The summed E-state index contributed by atoms with van der Waals surface area (Å²) in [6.45, 7) is 9.90. The summed E-state index contributed by atoms with van der Waals surface area (Å²) in [5.74, 6) is 0.669. The van der Waals surface area contributed by atoms with Crippen LogP contribution in [0.2, 0.25) is 0 Å². The molecule has 0 N–H and O–H groups in total. The van der Waals surface area contributed by atoms with Crippen molar-refractivity contribution in [1.82, 2.24) is 0 Å². The molecular formula is C19H41O3P. The van der Waals surface area contributed by atoms with E-state index in [-0.39, 0.29) is 0 Å². The van der Waals surface area contributed by atoms with Gasteiger partial charge in [-0.2, -0.15) is 0 Å². The van der Waals surface area contributed by atoms with E-state index in [9.17, 15) is 4.57 Å². The highest BCUT2D eigenvalue weighted by Crippen LogP contribution is 2.49. The number of rotatable bonds is 17. The Bertz CT molecular complexity index is 292. The van der Waals surface area contributed by atoms with Gasteiger partial charge in [0.1, 0.15) is 0 Å². The Morgan fingerprint density at radius 2 is 1.26 bits per heavy atom. The highest BCUT2D eigenvalue weighted by molar-refractivity contribution is 7.53. The van der Waals surface area contributed by atoms with E-state index in [0.29, 0.717) is 25.3 Å². The van der Waals surface area contributed by atoms with Gasteiger partial charge < -0.3 is 9.05 Å². The Balaban J connectivity index is 3.86. The summed E-state index contributed by atoms with van der Waals surface area (Å²) < 4.78 is 24.1. The molecular weight excluding hydrogens is 307 g/mol. The molecule has 0 heterocycles. The molecule has 1 unspecified atom stereocenters. The van der Waals surface area contributed by atoms with Crippen LogP contribution in [-0.4, -0.2) is 19.4 Å². The molecule has 0 aliphatic rings. The van der Waals surface area contributed by atoms with Crippen molar-refractivity contribution < 1.29 is 13.6 Å². The minimum absolute atomic E-state index is 0.566. The standard InChI is InChI=1S/C19H41O3P/c1-5-7-9-10-11-12-13-16-21-23(20,18-8-6-2)22-17-14-15-19(3)4/h19H,5-18H2,1-4H3. The van der Waals surface area contributed by atoms with Crippen LogP contribution in [0, 0.1) is 5.92 Å². The van der Waals surface area contributed by atoms with Gasteiger partial charge in [-0.15, -0.1) is 0 Å². The van der Waals surface area contributed by atoms with E-state index in [0.717, 1.165) is 32.1 Å². The van der Waals surface area contributed by atoms with Crippen LogP contribution in [0.25, 0.3) is 0 Å². The van der Waals surface area contributed by atoms with Crippen LogP contribution in [-0.2, 0) is 13.6 Å². The third-order valence-electron chi connectivity index (χ3n) is 4.04. The molecule has 0 aromatic carbocycles. The van der Waals surface area contributed by atoms with E-state index in [1.54, 1.807) is 0 Å². The lowest BCUT2D eigenvalue weighted by atomic mass is 10.1. The number of unbranched alkanes of at least 4 members (excludes halogenated alkanes) is 7. The van der Waals surface area contributed by atoms with Gasteiger partial charge in [-0.25, -0.2) is 0 Å². The van der Waals surface area contributed by atoms with Crippen LogP contribution >= 0.6 is 7.60 Å². The lowest BCUT2D eigenvalue weighted by molar-refractivity contribution is 0.195. The molecule has 0 aliphatic heterocycles. The second-order valence-electron chi connectivity index (χ2n) is 7.01. The Labute approximate surface area is 145 Å². The number of hydrogen-bond acceptors (Lipinski definition) is 3. The average Bonchev–Trinajstić information content (AvgIpc) is 2.52. The van der Waals surface area contributed by atoms with Crippen LogP contribution in [0.5, 0.6) is 0 Å². The molecule has 1 atom stereocenters. The summed E-state index contributed by atoms with van der Waals surface area (Å²) in [7, 11) is -2.86. The SMILES string of the molecule is CCCCCCCCCOP(=O)(CCCC)OCCCC(C)C. The van der Waals surface area contributed by atoms with Gasteiger partial charge in [0.15, 0.2) is 0 Å². The molecule has 0 spiro atoms. The fourth-order valence-corrected chi connectivity index (χ4v) is 4.33. The molecule has 0 aromatic rings. The minimum Gasteiger partial charge on any atom is -0.309 e. The monoisotopic (exact) mass is 348 g/mol. The molecule has 0 rings (SSSR count). The summed E-state index contributed by atoms with van der Waals surface area (Å²) in [6.07, 6.45) is 13.3. The van der Waals surface area contributed by atoms with Crippen molar-refractivity contribution in [3.63, 3.8) is 0 Å². The van der Waals surface area contributed by atoms with Crippen LogP contribution in [0.15, 0.2) is 0 Å². The quantitative estimate of drug-likeness (QED) is 0.206. The van der Waals surface area contributed by atoms with E-state index in [2.05, 4.69) is 27.7 Å². The van der Waals surface area contributed by atoms with Gasteiger partial charge in [-0.1, -0.05) is 72.6 Å². The first-order valence-electron chi connectivity index (χ1n) is 9.92. The van der Waals surface area contributed by atoms with Crippen LogP contribution in [0.4, 0.5) is 0 Å². The van der Waals surface area contributed by atoms with Gasteiger partial charge in [0.25, 0.3) is 0 Å².